The van der Waals surface area contributed by atoms with Gasteiger partial charge in [0, 0.05) is 0 Å². The molecule has 2 N–H and O–H groups in total. The van der Waals surface area contributed by atoms with Crippen LogP contribution in [0.1, 0.15) is 294 Å². The summed E-state index contributed by atoms with van der Waals surface area (Å²) in [6.07, 6.45) is 40.6. The second kappa shape index (κ2) is 35.2. The predicted molar refractivity (Wildman–Crippen MR) is 294 cm³/mol. The Morgan fingerprint density at radius 3 is 0.855 bits per heavy atom. The van der Waals surface area contributed by atoms with Crippen LogP contribution < -0.4 is 0 Å². The molecule has 0 fully saturated rings. The normalized spacial score (nSPS) is 12.2. The zero-order valence-corrected chi connectivity index (χ0v) is 46.8. The quantitative estimate of drug-likeness (QED) is 0.0393. The first-order valence-electron chi connectivity index (χ1n) is 29.0. The average molecular weight is 962 g/mol. The zero-order chi connectivity index (χ0) is 51.0. The van der Waals surface area contributed by atoms with E-state index in [2.05, 4.69) is 55.4 Å². The van der Waals surface area contributed by atoms with Crippen LogP contribution in [-0.2, 0) is 42.7 Å². The Bertz CT molecular complexity index is 1550. The molecule has 0 aliphatic heterocycles. The van der Waals surface area contributed by atoms with Gasteiger partial charge in [0.15, 0.2) is 5.41 Å². The fourth-order valence-corrected chi connectivity index (χ4v) is 10.1. The van der Waals surface area contributed by atoms with E-state index in [4.69, 9.17) is 9.47 Å². The van der Waals surface area contributed by atoms with Gasteiger partial charge in [-0.1, -0.05) is 272 Å². The first kappa shape index (κ1) is 62.1. The Hall–Kier alpha value is -3.02. The van der Waals surface area contributed by atoms with Crippen LogP contribution in [0.2, 0.25) is 0 Å². The Labute approximate surface area is 425 Å². The van der Waals surface area contributed by atoms with E-state index >= 15 is 0 Å². The van der Waals surface area contributed by atoms with E-state index in [-0.39, 0.29) is 48.4 Å². The molecule has 396 valence electrons. The molecule has 0 aliphatic carbocycles. The number of benzene rings is 2. The fourth-order valence-electron chi connectivity index (χ4n) is 10.1. The van der Waals surface area contributed by atoms with Crippen molar-refractivity contribution in [3.8, 4) is 11.5 Å². The van der Waals surface area contributed by atoms with Gasteiger partial charge in [0.1, 0.15) is 11.5 Å². The maximum absolute atomic E-state index is 14.9. The Morgan fingerprint density at radius 1 is 0.391 bits per heavy atom. The number of phenols is 2. The monoisotopic (exact) mass is 961 g/mol. The van der Waals surface area contributed by atoms with E-state index in [9.17, 15) is 19.8 Å². The van der Waals surface area contributed by atoms with Crippen LogP contribution in [0, 0.1) is 19.3 Å². The molecule has 2 aromatic carbocycles. The molecular formula is C63H108O6. The summed E-state index contributed by atoms with van der Waals surface area (Å²) in [7, 11) is 0. The van der Waals surface area contributed by atoms with E-state index in [1.165, 1.54) is 167 Å². The van der Waals surface area contributed by atoms with Crippen LogP contribution in [0.5, 0.6) is 11.5 Å². The van der Waals surface area contributed by atoms with Gasteiger partial charge in [0.05, 0.1) is 13.2 Å². The molecule has 69 heavy (non-hydrogen) atoms. The van der Waals surface area contributed by atoms with Crippen molar-refractivity contribution in [2.75, 3.05) is 13.2 Å². The van der Waals surface area contributed by atoms with E-state index in [1.54, 1.807) is 0 Å². The molecule has 2 aromatic rings. The first-order chi connectivity index (χ1) is 33.0. The van der Waals surface area contributed by atoms with Gasteiger partial charge in [-0.25, -0.2) is 0 Å². The predicted octanol–water partition coefficient (Wildman–Crippen LogP) is 18.7. The van der Waals surface area contributed by atoms with Crippen LogP contribution in [0.25, 0.3) is 0 Å². The lowest BCUT2D eigenvalue weighted by Gasteiger charge is -2.32. The minimum absolute atomic E-state index is 0.0670. The zero-order valence-electron chi connectivity index (χ0n) is 46.8. The lowest BCUT2D eigenvalue weighted by atomic mass is 9.73. The van der Waals surface area contributed by atoms with Gasteiger partial charge in [0.25, 0.3) is 0 Å². The molecule has 0 aliphatic rings. The maximum Gasteiger partial charge on any atom is 0.324 e. The average Bonchev–Trinajstić information content (AvgIpc) is 3.29. The molecule has 0 aromatic heterocycles. The molecule has 0 saturated carbocycles. The number of aryl methyl sites for hydroxylation is 2. The Morgan fingerprint density at radius 2 is 0.623 bits per heavy atom. The van der Waals surface area contributed by atoms with Crippen molar-refractivity contribution in [3.05, 3.63) is 57.6 Å². The van der Waals surface area contributed by atoms with Gasteiger partial charge in [-0.15, -0.1) is 0 Å². The molecule has 6 heteroatoms. The molecule has 0 atom stereocenters. The maximum atomic E-state index is 14.9. The molecule has 6 nitrogen and oxygen atoms in total. The van der Waals surface area contributed by atoms with Gasteiger partial charge < -0.3 is 19.7 Å². The number of hydrogen-bond donors (Lipinski definition) is 2. The number of phenolic OH excluding ortho intramolecular Hbond substituents is 2. The number of unbranched alkanes of at least 4 members (excludes halogenated alkanes) is 30. The Balaban J connectivity index is 2.15. The highest BCUT2D eigenvalue weighted by atomic mass is 16.6. The molecule has 2 rings (SSSR count). The van der Waals surface area contributed by atoms with Crippen LogP contribution in [0.15, 0.2) is 24.3 Å². The van der Waals surface area contributed by atoms with E-state index in [0.29, 0.717) is 11.1 Å². The van der Waals surface area contributed by atoms with Crippen molar-refractivity contribution in [3.63, 3.8) is 0 Å². The summed E-state index contributed by atoms with van der Waals surface area (Å²) in [5.41, 5.74) is 2.07. The van der Waals surface area contributed by atoms with Crippen molar-refractivity contribution in [1.29, 1.82) is 0 Å². The molecule has 0 amide bonds. The summed E-state index contributed by atoms with van der Waals surface area (Å²) in [5, 5.41) is 22.4. The summed E-state index contributed by atoms with van der Waals surface area (Å²) in [6.45, 7) is 21.2. The number of carbonyl (C=O) groups is 2. The number of esters is 2. The lowest BCUT2D eigenvalue weighted by Crippen LogP contribution is -2.46. The molecule has 0 heterocycles. The molecule has 0 radical (unpaired) electrons. The van der Waals surface area contributed by atoms with E-state index < -0.39 is 17.4 Å². The van der Waals surface area contributed by atoms with Crippen LogP contribution in [0.4, 0.5) is 0 Å². The molecule has 0 bridgehead atoms. The van der Waals surface area contributed by atoms with Crippen LogP contribution in [-0.4, -0.2) is 35.4 Å². The summed E-state index contributed by atoms with van der Waals surface area (Å²) in [6, 6.07) is 7.69. The number of hydrogen-bond acceptors (Lipinski definition) is 6. The van der Waals surface area contributed by atoms with Crippen molar-refractivity contribution >= 4 is 11.9 Å². The summed E-state index contributed by atoms with van der Waals surface area (Å²) in [4.78, 5) is 29.8. The van der Waals surface area contributed by atoms with Crippen molar-refractivity contribution in [1.82, 2.24) is 0 Å². The van der Waals surface area contributed by atoms with Gasteiger partial charge in [-0.05, 0) is 83.7 Å². The molecule has 0 spiro atoms. The number of rotatable bonds is 40. The second-order valence-electron chi connectivity index (χ2n) is 23.4. The number of aromatic hydroxyl groups is 2. The molecule has 0 unspecified atom stereocenters. The number of ether oxygens (including phenoxy) is 2. The summed E-state index contributed by atoms with van der Waals surface area (Å²) < 4.78 is 12.4. The highest BCUT2D eigenvalue weighted by molar-refractivity contribution is 6.01. The van der Waals surface area contributed by atoms with E-state index in [0.717, 1.165) is 60.8 Å². The van der Waals surface area contributed by atoms with Crippen molar-refractivity contribution < 1.29 is 29.3 Å². The van der Waals surface area contributed by atoms with Gasteiger partial charge >= 0.3 is 11.9 Å². The minimum atomic E-state index is -1.68. The van der Waals surface area contributed by atoms with Crippen molar-refractivity contribution in [2.45, 2.75) is 298 Å². The second-order valence-corrected chi connectivity index (χ2v) is 23.4. The standard InChI is InChI=1S/C63H108O6/c1-11-13-15-17-19-21-23-25-27-29-31-33-35-37-39-41-43-68-59(66)63(49-53-45-51(3)57(64)55(47-53)61(5,6)7,50-54-46-52(4)58(65)56(48-54)62(8,9)10)60(67)69-44-42-40-38-36-34-32-30-28-26-24-22-20-18-16-14-12-2/h45-48,64-65H,11-44,49-50H2,1-10H3. The van der Waals surface area contributed by atoms with Gasteiger partial charge in [-0.3, -0.25) is 9.59 Å². The first-order valence-corrected chi connectivity index (χ1v) is 29.0. The molecule has 0 saturated heterocycles. The smallest absolute Gasteiger partial charge is 0.324 e. The highest BCUT2D eigenvalue weighted by Crippen LogP contribution is 2.40. The largest absolute Gasteiger partial charge is 0.507 e. The topological polar surface area (TPSA) is 93.1 Å². The highest BCUT2D eigenvalue weighted by Gasteiger charge is 2.50. The SMILES string of the molecule is CCCCCCCCCCCCCCCCCCOC(=O)C(Cc1cc(C)c(O)c(C(C)(C)C)c1)(Cc1cc(C)c(O)c(C(C)(C)C)c1)C(=O)OCCCCCCCCCCCCCCCCCC. The Kier molecular flexibility index (Phi) is 31.6. The van der Waals surface area contributed by atoms with Gasteiger partial charge in [-0.2, -0.15) is 0 Å². The minimum Gasteiger partial charge on any atom is -0.507 e. The fraction of sp³-hybridized carbons (Fsp3) is 0.778. The summed E-state index contributed by atoms with van der Waals surface area (Å²) in [5.74, 6) is -0.658. The molecular weight excluding hydrogens is 853 g/mol. The van der Waals surface area contributed by atoms with Gasteiger partial charge in [0.2, 0.25) is 0 Å². The third-order valence-electron chi connectivity index (χ3n) is 14.6. The van der Waals surface area contributed by atoms with Crippen LogP contribution >= 0.6 is 0 Å². The third kappa shape index (κ3) is 25.3. The van der Waals surface area contributed by atoms with Crippen LogP contribution in [0.3, 0.4) is 0 Å². The summed E-state index contributed by atoms with van der Waals surface area (Å²) >= 11 is 0. The van der Waals surface area contributed by atoms with E-state index in [1.807, 2.05) is 38.1 Å². The third-order valence-corrected chi connectivity index (χ3v) is 14.6. The lowest BCUT2D eigenvalue weighted by molar-refractivity contribution is -0.173. The van der Waals surface area contributed by atoms with Crippen molar-refractivity contribution in [2.24, 2.45) is 5.41 Å². The number of carbonyl (C=O) groups excluding carboxylic acids is 2.